The first-order valence-corrected chi connectivity index (χ1v) is 9.22. The lowest BCUT2D eigenvalue weighted by Crippen LogP contribution is -2.67. The van der Waals surface area contributed by atoms with E-state index in [-0.39, 0.29) is 11.4 Å². The highest BCUT2D eigenvalue weighted by Crippen LogP contribution is 2.64. The first-order chi connectivity index (χ1) is 10.3. The molecule has 3 nitrogen and oxygen atoms in total. The molecule has 0 radical (unpaired) electrons. The van der Waals surface area contributed by atoms with Crippen molar-refractivity contribution in [1.29, 1.82) is 0 Å². The van der Waals surface area contributed by atoms with Gasteiger partial charge < -0.3 is 9.84 Å². The van der Waals surface area contributed by atoms with E-state index in [0.717, 1.165) is 38.5 Å². The van der Waals surface area contributed by atoms with Gasteiger partial charge in [0.1, 0.15) is 5.60 Å². The molecule has 0 heterocycles. The summed E-state index contributed by atoms with van der Waals surface area (Å²) in [6.45, 7) is 5.42. The third kappa shape index (κ3) is 2.40. The van der Waals surface area contributed by atoms with Crippen LogP contribution in [-0.4, -0.2) is 22.3 Å². The number of hydrogen-bond acceptors (Lipinski definition) is 3. The first kappa shape index (κ1) is 16.3. The van der Waals surface area contributed by atoms with Crippen molar-refractivity contribution in [3.63, 3.8) is 0 Å². The van der Waals surface area contributed by atoms with Gasteiger partial charge in [-0.25, -0.2) is 0 Å². The molecular weight excluding hydrogens is 276 g/mol. The normalized spacial score (nSPS) is 42.2. The van der Waals surface area contributed by atoms with Gasteiger partial charge in [-0.3, -0.25) is 4.79 Å². The van der Waals surface area contributed by atoms with Crippen molar-refractivity contribution >= 4 is 5.97 Å². The van der Waals surface area contributed by atoms with E-state index in [9.17, 15) is 9.90 Å². The molecule has 126 valence electrons. The smallest absolute Gasteiger partial charge is 0.303 e. The third-order valence-corrected chi connectivity index (χ3v) is 7.09. The van der Waals surface area contributed by atoms with Gasteiger partial charge in [0.05, 0.1) is 5.60 Å². The van der Waals surface area contributed by atoms with Crippen molar-refractivity contribution in [1.82, 2.24) is 0 Å². The number of fused-ring (bicyclic) bond motifs is 2. The summed E-state index contributed by atoms with van der Waals surface area (Å²) in [5, 5.41) is 11.1. The zero-order valence-electron chi connectivity index (χ0n) is 14.5. The van der Waals surface area contributed by atoms with Gasteiger partial charge in [0.15, 0.2) is 0 Å². The van der Waals surface area contributed by atoms with E-state index in [4.69, 9.17) is 4.74 Å². The molecule has 3 aliphatic carbocycles. The van der Waals surface area contributed by atoms with Gasteiger partial charge >= 0.3 is 5.97 Å². The van der Waals surface area contributed by atoms with Crippen LogP contribution in [0, 0.1) is 17.3 Å². The quantitative estimate of drug-likeness (QED) is 0.777. The summed E-state index contributed by atoms with van der Waals surface area (Å²) < 4.78 is 6.06. The van der Waals surface area contributed by atoms with Gasteiger partial charge in [-0.1, -0.05) is 32.1 Å². The number of carbonyl (C=O) groups is 1. The maximum Gasteiger partial charge on any atom is 0.303 e. The van der Waals surface area contributed by atoms with Crippen LogP contribution in [0.5, 0.6) is 0 Å². The van der Waals surface area contributed by atoms with Crippen LogP contribution in [0.4, 0.5) is 0 Å². The molecule has 0 aromatic heterocycles. The largest absolute Gasteiger partial charge is 0.459 e. The fourth-order valence-electron chi connectivity index (χ4n) is 6.16. The monoisotopic (exact) mass is 308 g/mol. The Kier molecular flexibility index (Phi) is 4.08. The fraction of sp³-hybridized carbons (Fsp3) is 0.947. The number of carbonyl (C=O) groups excluding carboxylic acids is 1. The van der Waals surface area contributed by atoms with Crippen LogP contribution < -0.4 is 0 Å². The zero-order chi connectivity index (χ0) is 16.0. The highest BCUT2D eigenvalue weighted by Gasteiger charge is 2.65. The molecule has 0 aliphatic heterocycles. The molecule has 0 aromatic carbocycles. The van der Waals surface area contributed by atoms with Crippen LogP contribution >= 0.6 is 0 Å². The lowest BCUT2D eigenvalue weighted by atomic mass is 9.45. The Hall–Kier alpha value is -0.570. The standard InChI is InChI=1S/C19H32O3/c1-14(20)22-19-11-7-6-10-18(19,17(2,3)21)12-15-8-4-5-9-16(15)13-19/h15-16,21H,4-13H2,1-3H3. The average molecular weight is 308 g/mol. The van der Waals surface area contributed by atoms with E-state index in [1.165, 1.54) is 32.6 Å². The predicted octanol–water partition coefficient (Wildman–Crippen LogP) is 4.22. The molecule has 3 rings (SSSR count). The Bertz CT molecular complexity index is 438. The Labute approximate surface area is 134 Å². The van der Waals surface area contributed by atoms with Crippen LogP contribution in [0.15, 0.2) is 0 Å². The van der Waals surface area contributed by atoms with Crippen LogP contribution in [0.25, 0.3) is 0 Å². The predicted molar refractivity (Wildman–Crippen MR) is 86.4 cm³/mol. The number of hydrogen-bond donors (Lipinski definition) is 1. The minimum atomic E-state index is -0.800. The number of aliphatic hydroxyl groups is 1. The highest BCUT2D eigenvalue weighted by atomic mass is 16.6. The molecule has 0 spiro atoms. The molecule has 4 unspecified atom stereocenters. The van der Waals surface area contributed by atoms with E-state index in [1.807, 2.05) is 13.8 Å². The molecule has 22 heavy (non-hydrogen) atoms. The van der Waals surface area contributed by atoms with Crippen LogP contribution in [0.2, 0.25) is 0 Å². The van der Waals surface area contributed by atoms with Gasteiger partial charge in [-0.15, -0.1) is 0 Å². The molecule has 3 heteroatoms. The van der Waals surface area contributed by atoms with Gasteiger partial charge in [-0.05, 0) is 57.8 Å². The fourth-order valence-corrected chi connectivity index (χ4v) is 6.16. The van der Waals surface area contributed by atoms with Crippen molar-refractivity contribution in [2.45, 2.75) is 96.2 Å². The van der Waals surface area contributed by atoms with Crippen molar-refractivity contribution in [3.8, 4) is 0 Å². The number of rotatable bonds is 2. The zero-order valence-corrected chi connectivity index (χ0v) is 14.5. The van der Waals surface area contributed by atoms with Crippen LogP contribution in [-0.2, 0) is 9.53 Å². The van der Waals surface area contributed by atoms with Crippen LogP contribution in [0.1, 0.15) is 85.0 Å². The molecule has 0 aromatic rings. The minimum absolute atomic E-state index is 0.176. The second kappa shape index (κ2) is 5.51. The second-order valence-corrected chi connectivity index (χ2v) is 8.65. The molecule has 1 N–H and O–H groups in total. The summed E-state index contributed by atoms with van der Waals surface area (Å²) in [5.41, 5.74) is -1.50. The molecule has 0 saturated heterocycles. The summed E-state index contributed by atoms with van der Waals surface area (Å²) in [7, 11) is 0. The third-order valence-electron chi connectivity index (χ3n) is 7.09. The van der Waals surface area contributed by atoms with Crippen molar-refractivity contribution < 1.29 is 14.6 Å². The Morgan fingerprint density at radius 1 is 1.05 bits per heavy atom. The van der Waals surface area contributed by atoms with Crippen molar-refractivity contribution in [2.24, 2.45) is 17.3 Å². The Morgan fingerprint density at radius 2 is 1.64 bits per heavy atom. The summed E-state index contributed by atoms with van der Waals surface area (Å²) in [6, 6.07) is 0. The van der Waals surface area contributed by atoms with E-state index < -0.39 is 11.2 Å². The maximum atomic E-state index is 11.9. The lowest BCUT2D eigenvalue weighted by molar-refractivity contribution is -0.256. The van der Waals surface area contributed by atoms with Crippen molar-refractivity contribution in [2.75, 3.05) is 0 Å². The molecule has 3 saturated carbocycles. The van der Waals surface area contributed by atoms with E-state index >= 15 is 0 Å². The molecule has 3 fully saturated rings. The minimum Gasteiger partial charge on any atom is -0.459 e. The van der Waals surface area contributed by atoms with Crippen molar-refractivity contribution in [3.05, 3.63) is 0 Å². The summed E-state index contributed by atoms with van der Waals surface area (Å²) >= 11 is 0. The van der Waals surface area contributed by atoms with Gasteiger partial charge in [-0.2, -0.15) is 0 Å². The molecule has 0 amide bonds. The van der Waals surface area contributed by atoms with Gasteiger partial charge in [0, 0.05) is 12.3 Å². The van der Waals surface area contributed by atoms with E-state index in [1.54, 1.807) is 0 Å². The number of esters is 1. The second-order valence-electron chi connectivity index (χ2n) is 8.65. The summed E-state index contributed by atoms with van der Waals surface area (Å²) in [6.07, 6.45) is 11.4. The maximum absolute atomic E-state index is 11.9. The summed E-state index contributed by atoms with van der Waals surface area (Å²) in [4.78, 5) is 11.9. The van der Waals surface area contributed by atoms with Gasteiger partial charge in [0.25, 0.3) is 0 Å². The molecule has 3 aliphatic rings. The summed E-state index contributed by atoms with van der Waals surface area (Å²) in [5.74, 6) is 1.22. The topological polar surface area (TPSA) is 46.5 Å². The molecular formula is C19H32O3. The Morgan fingerprint density at radius 3 is 2.23 bits per heavy atom. The van der Waals surface area contributed by atoms with Crippen LogP contribution in [0.3, 0.4) is 0 Å². The lowest BCUT2D eigenvalue weighted by Gasteiger charge is -2.64. The van der Waals surface area contributed by atoms with Gasteiger partial charge in [0.2, 0.25) is 0 Å². The van der Waals surface area contributed by atoms with E-state index in [0.29, 0.717) is 11.8 Å². The molecule has 4 atom stereocenters. The molecule has 0 bridgehead atoms. The Balaban J connectivity index is 2.03. The number of ether oxygens (including phenoxy) is 1. The van der Waals surface area contributed by atoms with E-state index in [2.05, 4.69) is 0 Å². The average Bonchev–Trinajstić information content (AvgIpc) is 2.42. The SMILES string of the molecule is CC(=O)OC12CCCCC1(C(C)(C)O)CC1CCCCC1C2. The highest BCUT2D eigenvalue weighted by molar-refractivity contribution is 5.66. The first-order valence-electron chi connectivity index (χ1n) is 9.22.